The van der Waals surface area contributed by atoms with Gasteiger partial charge in [0.2, 0.25) is 6.67 Å². The molecule has 0 unspecified atom stereocenters. The van der Waals surface area contributed by atoms with E-state index in [-0.39, 0.29) is 56.4 Å². The van der Waals surface area contributed by atoms with Crippen LogP contribution in [0, 0.1) is 30.3 Å². The molecule has 0 bridgehead atoms. The van der Waals surface area contributed by atoms with Gasteiger partial charge >= 0.3 is 51.4 Å². The number of hydrogen-bond acceptors (Lipinski definition) is 6. The monoisotopic (exact) mass is 262 g/mol. The van der Waals surface area contributed by atoms with Crippen LogP contribution >= 0.6 is 0 Å². The third-order valence-corrected chi connectivity index (χ3v) is 1.22. The fourth-order valence-corrected chi connectivity index (χ4v) is 0.561. The molecule has 0 aliphatic carbocycles. The molecule has 0 saturated heterocycles. The largest absolute Gasteiger partial charge is 1.00 e. The van der Waals surface area contributed by atoms with E-state index in [1.54, 1.807) is 0 Å². The molecular formula is C3H7KN6O6. The van der Waals surface area contributed by atoms with Gasteiger partial charge in [0.15, 0.2) is 10.1 Å². The van der Waals surface area contributed by atoms with Crippen molar-refractivity contribution in [3.63, 3.8) is 0 Å². The molecule has 0 heterocycles. The molecular weight excluding hydrogens is 255 g/mol. The van der Waals surface area contributed by atoms with Crippen LogP contribution in [-0.2, 0) is 0 Å². The molecule has 0 spiro atoms. The van der Waals surface area contributed by atoms with Crippen LogP contribution in [0.1, 0.15) is 0 Å². The predicted molar refractivity (Wildman–Crippen MR) is 43.7 cm³/mol. The van der Waals surface area contributed by atoms with Crippen LogP contribution < -0.4 is 51.4 Å². The number of nitro groups is 3. The van der Waals surface area contributed by atoms with Crippen molar-refractivity contribution in [2.75, 3.05) is 20.4 Å². The third kappa shape index (κ3) is 7.52. The Bertz CT molecular complexity index is 273. The smallest absolute Gasteiger partial charge is 0.352 e. The number of hydrogen-bond donors (Lipinski definition) is 0. The SMILES string of the molecule is CN(CN(C[N-][N+](=O)[O-])[N+](=O)[O-])[N+](=O)[O-].[K+]. The molecule has 0 aliphatic rings. The first-order valence-corrected chi connectivity index (χ1v) is 3.41. The Morgan fingerprint density at radius 3 is 1.94 bits per heavy atom. The van der Waals surface area contributed by atoms with Crippen molar-refractivity contribution in [3.8, 4) is 0 Å². The average Bonchev–Trinajstić information content (AvgIpc) is 2.10. The molecule has 0 rings (SSSR count). The van der Waals surface area contributed by atoms with Crippen molar-refractivity contribution in [2.45, 2.75) is 0 Å². The Balaban J connectivity index is 0. The second-order valence-corrected chi connectivity index (χ2v) is 2.30. The quantitative estimate of drug-likeness (QED) is 0.195. The van der Waals surface area contributed by atoms with Crippen molar-refractivity contribution in [1.82, 2.24) is 10.0 Å². The summed E-state index contributed by atoms with van der Waals surface area (Å²) < 4.78 is 0. The summed E-state index contributed by atoms with van der Waals surface area (Å²) in [6, 6.07) is 0. The summed E-state index contributed by atoms with van der Waals surface area (Å²) in [5.41, 5.74) is 2.62. The minimum Gasteiger partial charge on any atom is -0.352 e. The molecule has 0 aromatic heterocycles. The molecule has 0 saturated carbocycles. The summed E-state index contributed by atoms with van der Waals surface area (Å²) in [5, 5.41) is 27.8. The summed E-state index contributed by atoms with van der Waals surface area (Å²) in [6.07, 6.45) is 0. The molecule has 0 fully saturated rings. The molecule has 0 aliphatic heterocycles. The summed E-state index contributed by atoms with van der Waals surface area (Å²) in [7, 11) is 0.989. The van der Waals surface area contributed by atoms with Gasteiger partial charge in [-0.1, -0.05) is 0 Å². The molecule has 0 amide bonds. The summed E-state index contributed by atoms with van der Waals surface area (Å²) >= 11 is 0. The van der Waals surface area contributed by atoms with Crippen molar-refractivity contribution < 1.29 is 66.5 Å². The fraction of sp³-hybridized carbons (Fsp3) is 1.00. The van der Waals surface area contributed by atoms with Crippen LogP contribution in [0.5, 0.6) is 0 Å². The van der Waals surface area contributed by atoms with Crippen LogP contribution in [0.4, 0.5) is 0 Å². The van der Waals surface area contributed by atoms with E-state index >= 15 is 0 Å². The van der Waals surface area contributed by atoms with E-state index in [2.05, 4.69) is 5.43 Å². The zero-order valence-electron chi connectivity index (χ0n) is 8.55. The molecule has 0 aromatic rings. The Kier molecular flexibility index (Phi) is 9.25. The van der Waals surface area contributed by atoms with E-state index in [1.807, 2.05) is 0 Å². The fourth-order valence-electron chi connectivity index (χ4n) is 0.561. The van der Waals surface area contributed by atoms with Gasteiger partial charge in [-0.3, -0.25) is 10.1 Å². The second-order valence-electron chi connectivity index (χ2n) is 2.30. The van der Waals surface area contributed by atoms with Gasteiger partial charge in [-0.15, -0.1) is 10.0 Å². The second kappa shape index (κ2) is 8.40. The van der Waals surface area contributed by atoms with Crippen molar-refractivity contribution >= 4 is 0 Å². The van der Waals surface area contributed by atoms with E-state index in [4.69, 9.17) is 0 Å². The van der Waals surface area contributed by atoms with E-state index in [1.165, 1.54) is 0 Å². The Morgan fingerprint density at radius 1 is 1.12 bits per heavy atom. The molecule has 0 atom stereocenters. The van der Waals surface area contributed by atoms with Gasteiger partial charge in [-0.25, -0.2) is 20.2 Å². The average molecular weight is 262 g/mol. The van der Waals surface area contributed by atoms with Crippen LogP contribution in [0.25, 0.3) is 5.43 Å². The third-order valence-electron chi connectivity index (χ3n) is 1.22. The maximum absolute atomic E-state index is 10.3. The first kappa shape index (κ1) is 17.6. The molecule has 12 nitrogen and oxygen atoms in total. The zero-order valence-corrected chi connectivity index (χ0v) is 11.7. The summed E-state index contributed by atoms with van der Waals surface area (Å²) in [4.78, 5) is 30.2. The molecule has 0 radical (unpaired) electrons. The van der Waals surface area contributed by atoms with Gasteiger partial charge in [-0.2, -0.15) is 0 Å². The van der Waals surface area contributed by atoms with Gasteiger partial charge in [0.05, 0.1) is 13.7 Å². The first-order chi connectivity index (χ1) is 6.84. The first-order valence-electron chi connectivity index (χ1n) is 3.41. The van der Waals surface area contributed by atoms with E-state index in [9.17, 15) is 30.3 Å². The van der Waals surface area contributed by atoms with Crippen molar-refractivity contribution in [3.05, 3.63) is 35.8 Å². The van der Waals surface area contributed by atoms with Crippen LogP contribution in [0.2, 0.25) is 0 Å². The maximum Gasteiger partial charge on any atom is 1.00 e. The Hall–Kier alpha value is -0.764. The van der Waals surface area contributed by atoms with E-state index < -0.39 is 28.4 Å². The van der Waals surface area contributed by atoms with E-state index in [0.29, 0.717) is 5.01 Å². The molecule has 13 heteroatoms. The maximum atomic E-state index is 10.3. The van der Waals surface area contributed by atoms with Crippen molar-refractivity contribution in [1.29, 1.82) is 0 Å². The molecule has 0 N–H and O–H groups in total. The zero-order chi connectivity index (χ0) is 12.0. The topological polar surface area (TPSA) is 150 Å². The minimum atomic E-state index is -1.11. The summed E-state index contributed by atoms with van der Waals surface area (Å²) in [6.45, 7) is -1.57. The van der Waals surface area contributed by atoms with Crippen LogP contribution in [0.3, 0.4) is 0 Å². The van der Waals surface area contributed by atoms with Crippen molar-refractivity contribution in [2.24, 2.45) is 0 Å². The van der Waals surface area contributed by atoms with Gasteiger partial charge in [0.1, 0.15) is 0 Å². The normalized spacial score (nSPS) is 8.56. The number of rotatable bonds is 7. The minimum absolute atomic E-state index is 0. The van der Waals surface area contributed by atoms with Crippen LogP contribution in [-0.4, -0.2) is 45.5 Å². The van der Waals surface area contributed by atoms with E-state index in [0.717, 1.165) is 7.05 Å². The standard InChI is InChI=1S/C3H7N6O6.K/c1-5(8(12)13)3-6(9(14)15)2-4-7(10)11;/h2-3H2,1H3;/q-1;+1. The predicted octanol–water partition coefficient (Wildman–Crippen LogP) is -3.91. The van der Waals surface area contributed by atoms with Gasteiger partial charge in [0, 0.05) is 0 Å². The van der Waals surface area contributed by atoms with Gasteiger partial charge < -0.3 is 5.43 Å². The Labute approximate surface area is 131 Å². The molecule has 86 valence electrons. The van der Waals surface area contributed by atoms with Gasteiger partial charge in [0.25, 0.3) is 0 Å². The Morgan fingerprint density at radius 2 is 1.62 bits per heavy atom. The van der Waals surface area contributed by atoms with Gasteiger partial charge in [-0.05, 0) is 5.03 Å². The molecule has 0 aromatic carbocycles. The number of hydrazine groups is 2. The van der Waals surface area contributed by atoms with Crippen LogP contribution in [0.15, 0.2) is 0 Å². The number of nitrogens with zero attached hydrogens (tertiary/aromatic N) is 6. The summed E-state index contributed by atoms with van der Waals surface area (Å²) in [5.74, 6) is 0. The molecule has 16 heavy (non-hydrogen) atoms.